The monoisotopic (exact) mass is 518 g/mol. The molecule has 0 aliphatic carbocycles. The lowest BCUT2D eigenvalue weighted by molar-refractivity contribution is -0.141. The number of aromatic nitrogens is 2. The molecule has 7 N–H and O–H groups in total. The van der Waals surface area contributed by atoms with Gasteiger partial charge in [-0.2, -0.15) is 12.6 Å². The third-order valence-electron chi connectivity index (χ3n) is 5.38. The topological polar surface area (TPSA) is 179 Å². The second-order valence-corrected chi connectivity index (χ2v) is 9.28. The molecule has 2 rings (SSSR count). The molecule has 4 atom stereocenters. The SMILES string of the molecule is CC(C)CC(NC(=O)C(N)Cc1ccccc1)C(=O)NC(Cc1cnc[nH]1)C(=O)NC(CS)C(=O)O. The molecule has 0 saturated heterocycles. The molecule has 196 valence electrons. The first-order valence-corrected chi connectivity index (χ1v) is 12.3. The molecule has 36 heavy (non-hydrogen) atoms. The van der Waals surface area contributed by atoms with Gasteiger partial charge in [-0.05, 0) is 24.3 Å². The molecule has 12 heteroatoms. The Bertz CT molecular complexity index is 1000. The van der Waals surface area contributed by atoms with Gasteiger partial charge in [0, 0.05) is 24.1 Å². The summed E-state index contributed by atoms with van der Waals surface area (Å²) in [7, 11) is 0. The van der Waals surface area contributed by atoms with Crippen molar-refractivity contribution in [1.29, 1.82) is 0 Å². The van der Waals surface area contributed by atoms with E-state index in [1.165, 1.54) is 12.5 Å². The number of thiol groups is 1. The molecule has 0 bridgehead atoms. The number of nitrogens with two attached hydrogens (primary N) is 1. The summed E-state index contributed by atoms with van der Waals surface area (Å²) in [4.78, 5) is 57.0. The number of imidazole rings is 1. The fraction of sp³-hybridized carbons (Fsp3) is 0.458. The summed E-state index contributed by atoms with van der Waals surface area (Å²) in [6.07, 6.45) is 3.56. The van der Waals surface area contributed by atoms with Crippen LogP contribution in [0.25, 0.3) is 0 Å². The van der Waals surface area contributed by atoms with Gasteiger partial charge in [0.05, 0.1) is 12.4 Å². The second-order valence-electron chi connectivity index (χ2n) is 8.91. The van der Waals surface area contributed by atoms with Crippen LogP contribution in [0.4, 0.5) is 0 Å². The Morgan fingerprint density at radius 3 is 2.14 bits per heavy atom. The third kappa shape index (κ3) is 9.34. The fourth-order valence-electron chi connectivity index (χ4n) is 3.50. The van der Waals surface area contributed by atoms with Gasteiger partial charge in [0.25, 0.3) is 0 Å². The smallest absolute Gasteiger partial charge is 0.327 e. The zero-order chi connectivity index (χ0) is 26.7. The van der Waals surface area contributed by atoms with Gasteiger partial charge < -0.3 is 31.8 Å². The summed E-state index contributed by atoms with van der Waals surface area (Å²) in [5.74, 6) is -3.10. The van der Waals surface area contributed by atoms with Crippen LogP contribution in [-0.4, -0.2) is 68.7 Å². The molecule has 2 aromatic rings. The van der Waals surface area contributed by atoms with Crippen molar-refractivity contribution < 1.29 is 24.3 Å². The molecule has 1 aromatic carbocycles. The first kappa shape index (κ1) is 28.9. The van der Waals surface area contributed by atoms with Gasteiger partial charge in [0.2, 0.25) is 17.7 Å². The molecule has 3 amide bonds. The number of aromatic amines is 1. The van der Waals surface area contributed by atoms with Gasteiger partial charge in [0.1, 0.15) is 18.1 Å². The van der Waals surface area contributed by atoms with Crippen molar-refractivity contribution in [3.8, 4) is 0 Å². The number of carboxylic acid groups (broad SMARTS) is 1. The number of H-pyrrole nitrogens is 1. The van der Waals surface area contributed by atoms with Crippen LogP contribution in [0.1, 0.15) is 31.5 Å². The van der Waals surface area contributed by atoms with E-state index in [0.717, 1.165) is 5.56 Å². The first-order valence-electron chi connectivity index (χ1n) is 11.6. The van der Waals surface area contributed by atoms with E-state index in [1.54, 1.807) is 0 Å². The van der Waals surface area contributed by atoms with E-state index >= 15 is 0 Å². The number of carbonyl (C=O) groups excluding carboxylic acids is 3. The number of hydrogen-bond donors (Lipinski definition) is 7. The van der Waals surface area contributed by atoms with Gasteiger partial charge in [0.15, 0.2) is 0 Å². The van der Waals surface area contributed by atoms with E-state index in [9.17, 15) is 24.3 Å². The maximum Gasteiger partial charge on any atom is 0.327 e. The number of nitrogens with one attached hydrogen (secondary N) is 4. The summed E-state index contributed by atoms with van der Waals surface area (Å²) >= 11 is 3.96. The summed E-state index contributed by atoms with van der Waals surface area (Å²) in [5, 5.41) is 17.0. The fourth-order valence-corrected chi connectivity index (χ4v) is 3.75. The number of hydrogen-bond acceptors (Lipinski definition) is 7. The average molecular weight is 519 g/mol. The largest absolute Gasteiger partial charge is 0.480 e. The summed E-state index contributed by atoms with van der Waals surface area (Å²) in [5.41, 5.74) is 7.53. The average Bonchev–Trinajstić information content (AvgIpc) is 3.34. The maximum atomic E-state index is 13.2. The molecular weight excluding hydrogens is 484 g/mol. The normalized spacial score (nSPS) is 14.4. The minimum atomic E-state index is -1.25. The highest BCUT2D eigenvalue weighted by atomic mass is 32.1. The second kappa shape index (κ2) is 14.2. The van der Waals surface area contributed by atoms with Crippen molar-refractivity contribution >= 4 is 36.3 Å². The van der Waals surface area contributed by atoms with Crippen molar-refractivity contribution in [2.45, 2.75) is 57.3 Å². The summed E-state index contributed by atoms with van der Waals surface area (Å²) in [6, 6.07) is 5.11. The molecule has 4 unspecified atom stereocenters. The predicted molar refractivity (Wildman–Crippen MR) is 137 cm³/mol. The number of amides is 3. The molecule has 1 heterocycles. The molecule has 0 radical (unpaired) electrons. The van der Waals surface area contributed by atoms with Crippen molar-refractivity contribution in [2.75, 3.05) is 5.75 Å². The van der Waals surface area contributed by atoms with Gasteiger partial charge in [-0.3, -0.25) is 14.4 Å². The summed E-state index contributed by atoms with van der Waals surface area (Å²) in [6.45, 7) is 3.80. The van der Waals surface area contributed by atoms with Crippen LogP contribution < -0.4 is 21.7 Å². The van der Waals surface area contributed by atoms with Crippen molar-refractivity contribution in [3.05, 3.63) is 54.1 Å². The molecule has 11 nitrogen and oxygen atoms in total. The Hall–Kier alpha value is -3.38. The molecule has 0 saturated carbocycles. The van der Waals surface area contributed by atoms with Crippen LogP contribution in [0.15, 0.2) is 42.9 Å². The number of aliphatic carboxylic acids is 1. The van der Waals surface area contributed by atoms with E-state index in [1.807, 2.05) is 44.2 Å². The molecule has 0 aliphatic rings. The Morgan fingerprint density at radius 2 is 1.58 bits per heavy atom. The van der Waals surface area contributed by atoms with Gasteiger partial charge >= 0.3 is 5.97 Å². The molecule has 0 fully saturated rings. The quantitative estimate of drug-likeness (QED) is 0.172. The zero-order valence-electron chi connectivity index (χ0n) is 20.3. The van der Waals surface area contributed by atoms with E-state index in [0.29, 0.717) is 18.5 Å². The number of rotatable bonds is 14. The number of benzene rings is 1. The Labute approximate surface area is 215 Å². The van der Waals surface area contributed by atoms with E-state index < -0.39 is 47.9 Å². The van der Waals surface area contributed by atoms with Crippen LogP contribution in [0.2, 0.25) is 0 Å². The first-order chi connectivity index (χ1) is 17.1. The molecule has 1 aromatic heterocycles. The van der Waals surface area contributed by atoms with Gasteiger partial charge in [-0.25, -0.2) is 9.78 Å². The Balaban J connectivity index is 2.14. The van der Waals surface area contributed by atoms with Crippen LogP contribution in [0.3, 0.4) is 0 Å². The van der Waals surface area contributed by atoms with Crippen LogP contribution >= 0.6 is 12.6 Å². The highest BCUT2D eigenvalue weighted by molar-refractivity contribution is 7.80. The van der Waals surface area contributed by atoms with E-state index in [-0.39, 0.29) is 18.1 Å². The predicted octanol–water partition coefficient (Wildman–Crippen LogP) is 0.0371. The minimum absolute atomic E-state index is 0.0341. The zero-order valence-corrected chi connectivity index (χ0v) is 21.2. The number of nitrogens with zero attached hydrogens (tertiary/aromatic N) is 1. The highest BCUT2D eigenvalue weighted by Crippen LogP contribution is 2.09. The third-order valence-corrected chi connectivity index (χ3v) is 5.75. The minimum Gasteiger partial charge on any atom is -0.480 e. The highest BCUT2D eigenvalue weighted by Gasteiger charge is 2.31. The number of carboxylic acids is 1. The lowest BCUT2D eigenvalue weighted by atomic mass is 10.0. The summed E-state index contributed by atoms with van der Waals surface area (Å²) < 4.78 is 0. The molecular formula is C24H34N6O5S. The van der Waals surface area contributed by atoms with Crippen LogP contribution in [0, 0.1) is 5.92 Å². The maximum absolute atomic E-state index is 13.2. The number of carbonyl (C=O) groups is 4. The molecule has 0 aliphatic heterocycles. The van der Waals surface area contributed by atoms with Crippen molar-refractivity contribution in [3.63, 3.8) is 0 Å². The van der Waals surface area contributed by atoms with Gasteiger partial charge in [-0.15, -0.1) is 0 Å². The Kier molecular flexibility index (Phi) is 11.4. The lowest BCUT2D eigenvalue weighted by Gasteiger charge is -2.25. The standard InChI is InChI=1S/C24H34N6O5S/c1-14(2)8-18(28-21(31)17(25)9-15-6-4-3-5-7-15)22(32)29-19(10-16-11-26-13-27-16)23(33)30-20(12-36)24(34)35/h3-7,11,13-14,17-20,36H,8-10,12,25H2,1-2H3,(H,26,27)(H,28,31)(H,29,32)(H,30,33)(H,34,35). The molecule has 0 spiro atoms. The van der Waals surface area contributed by atoms with Gasteiger partial charge in [-0.1, -0.05) is 44.2 Å². The van der Waals surface area contributed by atoms with Crippen LogP contribution in [0.5, 0.6) is 0 Å². The Morgan fingerprint density at radius 1 is 0.972 bits per heavy atom. The van der Waals surface area contributed by atoms with Crippen molar-refractivity contribution in [2.24, 2.45) is 11.7 Å². The van der Waals surface area contributed by atoms with Crippen LogP contribution in [-0.2, 0) is 32.0 Å². The lowest BCUT2D eigenvalue weighted by Crippen LogP contribution is -2.58. The van der Waals surface area contributed by atoms with E-state index in [2.05, 4.69) is 38.5 Å². The van der Waals surface area contributed by atoms with E-state index in [4.69, 9.17) is 5.73 Å². The van der Waals surface area contributed by atoms with Crippen molar-refractivity contribution in [1.82, 2.24) is 25.9 Å².